The van der Waals surface area contributed by atoms with E-state index in [0.29, 0.717) is 25.5 Å². The molecule has 1 aromatic rings. The second-order valence-electron chi connectivity index (χ2n) is 6.27. The first-order chi connectivity index (χ1) is 12.2. The Bertz CT molecular complexity index is 783. The molecule has 1 aromatic carbocycles. The van der Waals surface area contributed by atoms with E-state index in [-0.39, 0.29) is 42.0 Å². The summed E-state index contributed by atoms with van der Waals surface area (Å²) in [6, 6.07) is 2.29. The van der Waals surface area contributed by atoms with E-state index in [0.717, 1.165) is 12.1 Å². The number of carbonyl (C=O) groups is 2. The Morgan fingerprint density at radius 1 is 1.31 bits per heavy atom. The SMILES string of the molecule is CCCN(C(=O)CCNC(=O)c1ccc(F)cc1F)C1CCS(=O)(=O)C1. The van der Waals surface area contributed by atoms with E-state index in [1.807, 2.05) is 6.92 Å². The molecule has 144 valence electrons. The summed E-state index contributed by atoms with van der Waals surface area (Å²) in [4.78, 5) is 25.9. The van der Waals surface area contributed by atoms with Crippen molar-refractivity contribution in [3.8, 4) is 0 Å². The second-order valence-corrected chi connectivity index (χ2v) is 8.50. The van der Waals surface area contributed by atoms with Gasteiger partial charge >= 0.3 is 0 Å². The highest BCUT2D eigenvalue weighted by Crippen LogP contribution is 2.19. The molecule has 1 unspecified atom stereocenters. The molecule has 0 saturated carbocycles. The van der Waals surface area contributed by atoms with E-state index in [4.69, 9.17) is 0 Å². The van der Waals surface area contributed by atoms with Gasteiger partial charge in [-0.25, -0.2) is 17.2 Å². The third kappa shape index (κ3) is 5.23. The van der Waals surface area contributed by atoms with Crippen LogP contribution in [0.4, 0.5) is 8.78 Å². The molecule has 1 N–H and O–H groups in total. The van der Waals surface area contributed by atoms with Crippen LogP contribution >= 0.6 is 0 Å². The molecule has 6 nitrogen and oxygen atoms in total. The molecule has 0 bridgehead atoms. The number of halogens is 2. The van der Waals surface area contributed by atoms with Gasteiger partial charge in [0.2, 0.25) is 5.91 Å². The maximum absolute atomic E-state index is 13.6. The molecular weight excluding hydrogens is 366 g/mol. The summed E-state index contributed by atoms with van der Waals surface area (Å²) in [5, 5.41) is 2.43. The number of benzene rings is 1. The second kappa shape index (κ2) is 8.57. The van der Waals surface area contributed by atoms with Crippen LogP contribution in [-0.4, -0.2) is 55.8 Å². The van der Waals surface area contributed by atoms with Crippen molar-refractivity contribution in [1.82, 2.24) is 10.2 Å². The summed E-state index contributed by atoms with van der Waals surface area (Å²) in [7, 11) is -3.11. The van der Waals surface area contributed by atoms with Gasteiger partial charge in [0.25, 0.3) is 5.91 Å². The zero-order valence-electron chi connectivity index (χ0n) is 14.5. The van der Waals surface area contributed by atoms with Crippen LogP contribution in [0.3, 0.4) is 0 Å². The van der Waals surface area contributed by atoms with Gasteiger partial charge in [-0.3, -0.25) is 9.59 Å². The van der Waals surface area contributed by atoms with Crippen molar-refractivity contribution in [1.29, 1.82) is 0 Å². The van der Waals surface area contributed by atoms with Crippen LogP contribution in [0.2, 0.25) is 0 Å². The molecule has 0 spiro atoms. The highest BCUT2D eigenvalue weighted by atomic mass is 32.2. The smallest absolute Gasteiger partial charge is 0.254 e. The van der Waals surface area contributed by atoms with E-state index in [2.05, 4.69) is 5.32 Å². The number of nitrogens with one attached hydrogen (secondary N) is 1. The highest BCUT2D eigenvalue weighted by molar-refractivity contribution is 7.91. The molecule has 2 rings (SSSR count). The van der Waals surface area contributed by atoms with Crippen molar-refractivity contribution < 1.29 is 26.8 Å². The number of carbonyl (C=O) groups excluding carboxylic acids is 2. The third-order valence-electron chi connectivity index (χ3n) is 4.23. The van der Waals surface area contributed by atoms with E-state index < -0.39 is 27.4 Å². The lowest BCUT2D eigenvalue weighted by Crippen LogP contribution is -2.43. The molecule has 1 heterocycles. The lowest BCUT2D eigenvalue weighted by molar-refractivity contribution is -0.132. The predicted octanol–water partition coefficient (Wildman–Crippen LogP) is 1.51. The molecule has 26 heavy (non-hydrogen) atoms. The van der Waals surface area contributed by atoms with Crippen LogP contribution in [0, 0.1) is 11.6 Å². The van der Waals surface area contributed by atoms with Crippen molar-refractivity contribution in [3.05, 3.63) is 35.4 Å². The molecule has 1 aliphatic heterocycles. The number of nitrogens with zero attached hydrogens (tertiary/aromatic N) is 1. The first kappa shape index (κ1) is 20.3. The van der Waals surface area contributed by atoms with Crippen LogP contribution in [0.5, 0.6) is 0 Å². The van der Waals surface area contributed by atoms with Crippen molar-refractivity contribution in [2.75, 3.05) is 24.6 Å². The fourth-order valence-electron chi connectivity index (χ4n) is 2.97. The van der Waals surface area contributed by atoms with E-state index in [9.17, 15) is 26.8 Å². The van der Waals surface area contributed by atoms with Gasteiger partial charge in [0.05, 0.1) is 17.1 Å². The van der Waals surface area contributed by atoms with Gasteiger partial charge in [0.1, 0.15) is 11.6 Å². The van der Waals surface area contributed by atoms with E-state index >= 15 is 0 Å². The third-order valence-corrected chi connectivity index (χ3v) is 5.98. The van der Waals surface area contributed by atoms with Gasteiger partial charge in [-0.1, -0.05) is 6.92 Å². The minimum atomic E-state index is -3.11. The fraction of sp³-hybridized carbons (Fsp3) is 0.529. The molecule has 2 amide bonds. The van der Waals surface area contributed by atoms with Gasteiger partial charge in [0, 0.05) is 31.6 Å². The Hall–Kier alpha value is -2.03. The molecule has 9 heteroatoms. The zero-order chi connectivity index (χ0) is 19.3. The summed E-state index contributed by atoms with van der Waals surface area (Å²) < 4.78 is 49.7. The number of sulfone groups is 1. The van der Waals surface area contributed by atoms with Gasteiger partial charge in [0.15, 0.2) is 9.84 Å². The lowest BCUT2D eigenvalue weighted by atomic mass is 10.1. The van der Waals surface area contributed by atoms with Crippen LogP contribution in [0.15, 0.2) is 18.2 Å². The maximum atomic E-state index is 13.6. The minimum Gasteiger partial charge on any atom is -0.351 e. The Morgan fingerprint density at radius 2 is 2.04 bits per heavy atom. The van der Waals surface area contributed by atoms with E-state index in [1.54, 1.807) is 4.90 Å². The van der Waals surface area contributed by atoms with Crippen LogP contribution < -0.4 is 5.32 Å². The van der Waals surface area contributed by atoms with Crippen LogP contribution in [0.25, 0.3) is 0 Å². The fourth-order valence-corrected chi connectivity index (χ4v) is 4.70. The Labute approximate surface area is 151 Å². The van der Waals surface area contributed by atoms with Gasteiger partial charge in [-0.2, -0.15) is 0 Å². The van der Waals surface area contributed by atoms with Crippen LogP contribution in [0.1, 0.15) is 36.5 Å². The topological polar surface area (TPSA) is 83.6 Å². The predicted molar refractivity (Wildman–Crippen MR) is 92.4 cm³/mol. The molecule has 1 atom stereocenters. The van der Waals surface area contributed by atoms with Crippen molar-refractivity contribution >= 4 is 21.7 Å². The van der Waals surface area contributed by atoms with Crippen molar-refractivity contribution in [2.45, 2.75) is 32.2 Å². The average molecular weight is 388 g/mol. The number of hydrogen-bond acceptors (Lipinski definition) is 4. The largest absolute Gasteiger partial charge is 0.351 e. The summed E-state index contributed by atoms with van der Waals surface area (Å²) >= 11 is 0. The van der Waals surface area contributed by atoms with Crippen molar-refractivity contribution in [2.24, 2.45) is 0 Å². The molecule has 1 fully saturated rings. The number of hydrogen-bond donors (Lipinski definition) is 1. The number of rotatable bonds is 7. The maximum Gasteiger partial charge on any atom is 0.254 e. The molecule has 0 radical (unpaired) electrons. The Kier molecular flexibility index (Phi) is 6.69. The molecule has 1 saturated heterocycles. The minimum absolute atomic E-state index is 0.0197. The normalized spacial score (nSPS) is 18.5. The van der Waals surface area contributed by atoms with Crippen LogP contribution in [-0.2, 0) is 14.6 Å². The molecule has 0 aromatic heterocycles. The molecule has 0 aliphatic carbocycles. The van der Waals surface area contributed by atoms with Gasteiger partial charge in [-0.15, -0.1) is 0 Å². The first-order valence-electron chi connectivity index (χ1n) is 8.46. The van der Waals surface area contributed by atoms with Gasteiger partial charge < -0.3 is 10.2 Å². The number of amides is 2. The monoisotopic (exact) mass is 388 g/mol. The summed E-state index contributed by atoms with van der Waals surface area (Å²) in [5.41, 5.74) is -0.300. The molecule has 1 aliphatic rings. The first-order valence-corrected chi connectivity index (χ1v) is 10.3. The van der Waals surface area contributed by atoms with Gasteiger partial charge in [-0.05, 0) is 25.0 Å². The standard InChI is InChI=1S/C17H22F2N2O4S/c1-2-8-21(13-6-9-26(24,25)11-13)16(22)5-7-20-17(23)14-4-3-12(18)10-15(14)19/h3-4,10,13H,2,5-9,11H2,1H3,(H,20,23). The van der Waals surface area contributed by atoms with Crippen molar-refractivity contribution in [3.63, 3.8) is 0 Å². The lowest BCUT2D eigenvalue weighted by Gasteiger charge is -2.28. The summed E-state index contributed by atoms with van der Waals surface area (Å²) in [6.45, 7) is 2.32. The van der Waals surface area contributed by atoms with E-state index in [1.165, 1.54) is 0 Å². The highest BCUT2D eigenvalue weighted by Gasteiger charge is 2.34. The average Bonchev–Trinajstić information content (AvgIpc) is 2.91. The zero-order valence-corrected chi connectivity index (χ0v) is 15.3. The Balaban J connectivity index is 1.90. The Morgan fingerprint density at radius 3 is 2.62 bits per heavy atom. The summed E-state index contributed by atoms with van der Waals surface area (Å²) in [5.74, 6) is -2.71. The molecular formula is C17H22F2N2O4S. The quantitative estimate of drug-likeness (QED) is 0.768. The summed E-state index contributed by atoms with van der Waals surface area (Å²) in [6.07, 6.45) is 1.09.